The largest absolute Gasteiger partial charge is 0.482 e. The van der Waals surface area contributed by atoms with Crippen LogP contribution in [0.3, 0.4) is 0 Å². The third-order valence-electron chi connectivity index (χ3n) is 6.84. The van der Waals surface area contributed by atoms with Gasteiger partial charge in [0.25, 0.3) is 5.91 Å². The quantitative estimate of drug-likeness (QED) is 0.231. The smallest absolute Gasteiger partial charge is 0.434 e. The number of carbonyl (C=O) groups excluding carboxylic acids is 2. The lowest BCUT2D eigenvalue weighted by molar-refractivity contribution is -0.274. The van der Waals surface area contributed by atoms with Crippen molar-refractivity contribution in [2.24, 2.45) is 0 Å². The molecule has 230 valence electrons. The van der Waals surface area contributed by atoms with E-state index in [9.17, 15) is 41.0 Å². The minimum atomic E-state index is -5.23. The van der Waals surface area contributed by atoms with E-state index in [2.05, 4.69) is 9.72 Å². The second-order valence-electron chi connectivity index (χ2n) is 9.46. The number of aliphatic hydroxyl groups is 1. The van der Waals surface area contributed by atoms with E-state index in [1.807, 2.05) is 0 Å². The zero-order valence-electron chi connectivity index (χ0n) is 22.6. The number of aromatic nitrogens is 1. The van der Waals surface area contributed by atoms with Gasteiger partial charge < -0.3 is 24.2 Å². The number of ether oxygens (including phenoxy) is 3. The van der Waals surface area contributed by atoms with Crippen LogP contribution in [0.5, 0.6) is 17.4 Å². The maximum atomic E-state index is 14.5. The topological polar surface area (TPSA) is 98.2 Å². The zero-order valence-corrected chi connectivity index (χ0v) is 23.4. The minimum Gasteiger partial charge on any atom is -0.482 e. The van der Waals surface area contributed by atoms with Crippen LogP contribution in [0, 0.1) is 0 Å². The number of esters is 1. The summed E-state index contributed by atoms with van der Waals surface area (Å²) >= 11 is 6.30. The maximum Gasteiger partial charge on any atom is 0.434 e. The molecule has 2 atom stereocenters. The van der Waals surface area contributed by atoms with E-state index >= 15 is 0 Å². The molecule has 0 saturated heterocycles. The third-order valence-corrected chi connectivity index (χ3v) is 7.17. The SMILES string of the molecule is CCOC(=O)c1ccc(Oc2ccc(C(C)C(O)(c3ccc4c(c3)N(C)C(=O)CO4)C(F)(F)F)c(Cl)c2)nc1C(F)(F)F. The number of pyridine rings is 1. The summed E-state index contributed by atoms with van der Waals surface area (Å²) in [6.07, 6.45) is -10.3. The Morgan fingerprint density at radius 3 is 2.42 bits per heavy atom. The number of alkyl halides is 6. The van der Waals surface area contributed by atoms with Crippen molar-refractivity contribution >= 4 is 29.2 Å². The van der Waals surface area contributed by atoms with Crippen molar-refractivity contribution in [3.8, 4) is 17.4 Å². The van der Waals surface area contributed by atoms with Crippen LogP contribution >= 0.6 is 11.6 Å². The van der Waals surface area contributed by atoms with Gasteiger partial charge in [0.15, 0.2) is 17.9 Å². The van der Waals surface area contributed by atoms with Crippen molar-refractivity contribution in [3.05, 3.63) is 75.9 Å². The van der Waals surface area contributed by atoms with E-state index in [0.717, 1.165) is 54.3 Å². The van der Waals surface area contributed by atoms with Crippen LogP contribution in [0.25, 0.3) is 0 Å². The molecule has 2 unspecified atom stereocenters. The molecule has 8 nitrogen and oxygen atoms in total. The van der Waals surface area contributed by atoms with Crippen LogP contribution in [0.1, 0.15) is 46.9 Å². The number of likely N-dealkylation sites (N-methyl/N-ethyl adjacent to an activating group) is 1. The highest BCUT2D eigenvalue weighted by Crippen LogP contribution is 2.51. The average Bonchev–Trinajstić information content (AvgIpc) is 2.93. The molecule has 4 rings (SSSR count). The highest BCUT2D eigenvalue weighted by Gasteiger charge is 2.59. The molecule has 2 heterocycles. The maximum absolute atomic E-state index is 14.5. The van der Waals surface area contributed by atoms with E-state index in [4.69, 9.17) is 21.1 Å². The second kappa shape index (κ2) is 11.6. The highest BCUT2D eigenvalue weighted by molar-refractivity contribution is 6.31. The Kier molecular flexibility index (Phi) is 8.58. The normalized spacial score (nSPS) is 15.7. The molecular weight excluding hydrogens is 610 g/mol. The molecular formula is C28H23ClF6N2O6. The monoisotopic (exact) mass is 632 g/mol. The Morgan fingerprint density at radius 1 is 1.12 bits per heavy atom. The number of fused-ring (bicyclic) bond motifs is 1. The summed E-state index contributed by atoms with van der Waals surface area (Å²) in [6.45, 7) is 2.04. The fourth-order valence-corrected chi connectivity index (χ4v) is 4.86. The minimum absolute atomic E-state index is 0.0261. The molecule has 3 aromatic rings. The number of rotatable bonds is 7. The molecule has 1 aliphatic heterocycles. The van der Waals surface area contributed by atoms with Gasteiger partial charge in [0.2, 0.25) is 5.88 Å². The first-order chi connectivity index (χ1) is 20.0. The van der Waals surface area contributed by atoms with Gasteiger partial charge in [-0.2, -0.15) is 26.3 Å². The Hall–Kier alpha value is -4.04. The molecule has 0 radical (unpaired) electrons. The van der Waals surface area contributed by atoms with Gasteiger partial charge in [-0.25, -0.2) is 9.78 Å². The molecule has 0 saturated carbocycles. The molecule has 43 heavy (non-hydrogen) atoms. The number of nitrogens with zero attached hydrogens (tertiary/aromatic N) is 2. The lowest BCUT2D eigenvalue weighted by Gasteiger charge is -2.38. The summed E-state index contributed by atoms with van der Waals surface area (Å²) in [4.78, 5) is 28.4. The summed E-state index contributed by atoms with van der Waals surface area (Å²) in [5.74, 6) is -4.08. The molecule has 0 bridgehead atoms. The van der Waals surface area contributed by atoms with Crippen LogP contribution < -0.4 is 14.4 Å². The van der Waals surface area contributed by atoms with Gasteiger partial charge in [0.05, 0.1) is 17.9 Å². The fraction of sp³-hybridized carbons (Fsp3) is 0.321. The number of carbonyl (C=O) groups is 2. The van der Waals surface area contributed by atoms with Crippen molar-refractivity contribution in [1.82, 2.24) is 4.98 Å². The van der Waals surface area contributed by atoms with E-state index in [-0.39, 0.29) is 41.0 Å². The summed E-state index contributed by atoms with van der Waals surface area (Å²) in [7, 11) is 1.36. The van der Waals surface area contributed by atoms with Crippen molar-refractivity contribution in [2.75, 3.05) is 25.2 Å². The van der Waals surface area contributed by atoms with E-state index in [1.54, 1.807) is 0 Å². The predicted molar refractivity (Wildman–Crippen MR) is 140 cm³/mol. The molecule has 1 aliphatic rings. The zero-order chi connectivity index (χ0) is 31.9. The van der Waals surface area contributed by atoms with Crippen LogP contribution in [0.4, 0.5) is 32.0 Å². The molecule has 1 aromatic heterocycles. The molecule has 0 fully saturated rings. The summed E-state index contributed by atoms with van der Waals surface area (Å²) in [5.41, 5.74) is -6.62. The van der Waals surface area contributed by atoms with Crippen LogP contribution in [0.2, 0.25) is 5.02 Å². The second-order valence-corrected chi connectivity index (χ2v) is 9.87. The summed E-state index contributed by atoms with van der Waals surface area (Å²) in [5, 5.41) is 10.9. The predicted octanol–water partition coefficient (Wildman–Crippen LogP) is 6.63. The molecule has 0 spiro atoms. The van der Waals surface area contributed by atoms with Crippen molar-refractivity contribution in [2.45, 2.75) is 37.7 Å². The number of hydrogen-bond acceptors (Lipinski definition) is 7. The number of benzene rings is 2. The van der Waals surface area contributed by atoms with Crippen LogP contribution in [0.15, 0.2) is 48.5 Å². The van der Waals surface area contributed by atoms with Gasteiger partial charge in [-0.1, -0.05) is 30.7 Å². The third kappa shape index (κ3) is 6.07. The van der Waals surface area contributed by atoms with Gasteiger partial charge in [0.1, 0.15) is 11.5 Å². The van der Waals surface area contributed by atoms with E-state index in [0.29, 0.717) is 0 Å². The van der Waals surface area contributed by atoms with Crippen molar-refractivity contribution in [1.29, 1.82) is 0 Å². The summed E-state index contributed by atoms with van der Waals surface area (Å²) < 4.78 is 99.6. The summed E-state index contributed by atoms with van der Waals surface area (Å²) in [6, 6.07) is 8.35. The average molecular weight is 633 g/mol. The van der Waals surface area contributed by atoms with Crippen LogP contribution in [-0.4, -0.2) is 48.4 Å². The van der Waals surface area contributed by atoms with Gasteiger partial charge in [-0.15, -0.1) is 0 Å². The Labute approximate surface area is 245 Å². The van der Waals surface area contributed by atoms with Gasteiger partial charge in [-0.05, 0) is 48.4 Å². The number of hydrogen-bond donors (Lipinski definition) is 1. The van der Waals surface area contributed by atoms with Gasteiger partial charge in [0, 0.05) is 24.1 Å². The van der Waals surface area contributed by atoms with Crippen LogP contribution in [-0.2, 0) is 21.3 Å². The van der Waals surface area contributed by atoms with E-state index < -0.39 is 58.4 Å². The highest BCUT2D eigenvalue weighted by atomic mass is 35.5. The first kappa shape index (κ1) is 31.9. The Morgan fingerprint density at radius 2 is 1.81 bits per heavy atom. The van der Waals surface area contributed by atoms with E-state index in [1.165, 1.54) is 20.0 Å². The lowest BCUT2D eigenvalue weighted by Crippen LogP contribution is -2.47. The number of anilines is 1. The lowest BCUT2D eigenvalue weighted by atomic mass is 9.77. The number of amides is 1. The van der Waals surface area contributed by atoms with Gasteiger partial charge in [-0.3, -0.25) is 4.79 Å². The van der Waals surface area contributed by atoms with Crippen molar-refractivity contribution < 1.29 is 55.2 Å². The first-order valence-electron chi connectivity index (χ1n) is 12.5. The molecule has 1 amide bonds. The van der Waals surface area contributed by atoms with Crippen molar-refractivity contribution in [3.63, 3.8) is 0 Å². The number of halogens is 7. The molecule has 2 aromatic carbocycles. The Balaban J connectivity index is 1.68. The fourth-order valence-electron chi connectivity index (χ4n) is 4.52. The molecule has 0 aliphatic carbocycles. The molecule has 15 heteroatoms. The van der Waals surface area contributed by atoms with Gasteiger partial charge >= 0.3 is 18.3 Å². The first-order valence-corrected chi connectivity index (χ1v) is 12.9. The standard InChI is InChI=1S/C28H23ClF6N2O6/c1-4-41-25(39)18-8-10-22(36-24(18)27(30,31)32)43-16-6-7-17(19(29)12-16)14(2)26(40,28(33,34)35)15-5-9-21-20(11-15)37(3)23(38)13-42-21/h5-12,14,40H,4,13H2,1-3H3. The molecule has 1 N–H and O–H groups in total. The Bertz CT molecular complexity index is 1560.